The molecule has 0 aliphatic heterocycles. The molecular formula is C13H9F2NO3. The number of rotatable bonds is 3. The van der Waals surface area contributed by atoms with Gasteiger partial charge in [0.05, 0.1) is 7.11 Å². The molecule has 0 saturated carbocycles. The monoisotopic (exact) mass is 265 g/mol. The number of benzene rings is 1. The first-order valence-corrected chi connectivity index (χ1v) is 5.26. The highest BCUT2D eigenvalue weighted by atomic mass is 19.2. The maximum absolute atomic E-state index is 13.7. The van der Waals surface area contributed by atoms with Crippen LogP contribution < -0.4 is 4.74 Å². The van der Waals surface area contributed by atoms with Crippen LogP contribution in [0.4, 0.5) is 8.78 Å². The van der Waals surface area contributed by atoms with Crippen LogP contribution in [0.2, 0.25) is 0 Å². The average Bonchev–Trinajstić information content (AvgIpc) is 2.41. The SMILES string of the molecule is COc1ccc(-c2nc(C(=O)O)cc(F)c2F)cc1. The Hall–Kier alpha value is -2.50. The van der Waals surface area contributed by atoms with Crippen molar-refractivity contribution in [3.63, 3.8) is 0 Å². The predicted octanol–water partition coefficient (Wildman–Crippen LogP) is 2.73. The second-order valence-corrected chi connectivity index (χ2v) is 3.69. The van der Waals surface area contributed by atoms with E-state index in [9.17, 15) is 13.6 Å². The maximum Gasteiger partial charge on any atom is 0.354 e. The number of carbonyl (C=O) groups is 1. The highest BCUT2D eigenvalue weighted by molar-refractivity contribution is 5.86. The zero-order valence-corrected chi connectivity index (χ0v) is 9.85. The second kappa shape index (κ2) is 5.01. The number of pyridine rings is 1. The van der Waals surface area contributed by atoms with Crippen molar-refractivity contribution in [3.05, 3.63) is 47.7 Å². The van der Waals surface area contributed by atoms with Gasteiger partial charge >= 0.3 is 5.97 Å². The van der Waals surface area contributed by atoms with Gasteiger partial charge in [0, 0.05) is 11.6 Å². The fraction of sp³-hybridized carbons (Fsp3) is 0.0769. The highest BCUT2D eigenvalue weighted by Crippen LogP contribution is 2.25. The molecule has 4 nitrogen and oxygen atoms in total. The summed E-state index contributed by atoms with van der Waals surface area (Å²) in [6, 6.07) is 6.57. The molecule has 0 radical (unpaired) electrons. The number of ether oxygens (including phenoxy) is 1. The number of methoxy groups -OCH3 is 1. The van der Waals surface area contributed by atoms with Crippen molar-refractivity contribution >= 4 is 5.97 Å². The Kier molecular flexibility index (Phi) is 3.41. The van der Waals surface area contributed by atoms with Gasteiger partial charge in [-0.2, -0.15) is 0 Å². The van der Waals surface area contributed by atoms with Gasteiger partial charge in [-0.15, -0.1) is 0 Å². The number of aromatic carboxylic acids is 1. The van der Waals surface area contributed by atoms with E-state index in [1.165, 1.54) is 19.2 Å². The Bertz CT molecular complexity index is 627. The predicted molar refractivity (Wildman–Crippen MR) is 63.1 cm³/mol. The van der Waals surface area contributed by atoms with Crippen molar-refractivity contribution in [3.8, 4) is 17.0 Å². The summed E-state index contributed by atoms with van der Waals surface area (Å²) in [5.74, 6) is -3.32. The molecule has 0 amide bonds. The number of carboxylic acids is 1. The molecule has 0 aliphatic carbocycles. The quantitative estimate of drug-likeness (QED) is 0.927. The minimum Gasteiger partial charge on any atom is -0.497 e. The molecule has 1 aromatic heterocycles. The van der Waals surface area contributed by atoms with Gasteiger partial charge in [0.2, 0.25) is 0 Å². The smallest absolute Gasteiger partial charge is 0.354 e. The fourth-order valence-corrected chi connectivity index (χ4v) is 1.55. The van der Waals surface area contributed by atoms with Crippen LogP contribution in [0.3, 0.4) is 0 Å². The number of carboxylic acid groups (broad SMARTS) is 1. The summed E-state index contributed by atoms with van der Waals surface area (Å²) < 4.78 is 31.9. The van der Waals surface area contributed by atoms with E-state index in [0.717, 1.165) is 0 Å². The molecule has 0 atom stereocenters. The standard InChI is InChI=1S/C13H9F2NO3/c1-19-8-4-2-7(3-5-8)12-11(15)9(14)6-10(16-12)13(17)18/h2-6H,1H3,(H,17,18). The van der Waals surface area contributed by atoms with Crippen molar-refractivity contribution in [1.82, 2.24) is 4.98 Å². The highest BCUT2D eigenvalue weighted by Gasteiger charge is 2.17. The van der Waals surface area contributed by atoms with Crippen molar-refractivity contribution in [2.75, 3.05) is 7.11 Å². The first-order valence-electron chi connectivity index (χ1n) is 5.26. The van der Waals surface area contributed by atoms with E-state index in [1.54, 1.807) is 12.1 Å². The molecule has 0 unspecified atom stereocenters. The summed E-state index contributed by atoms with van der Waals surface area (Å²) in [4.78, 5) is 14.4. The van der Waals surface area contributed by atoms with E-state index in [2.05, 4.69) is 4.98 Å². The van der Waals surface area contributed by atoms with Gasteiger partial charge in [-0.25, -0.2) is 18.6 Å². The largest absolute Gasteiger partial charge is 0.497 e. The van der Waals surface area contributed by atoms with Gasteiger partial charge in [0.1, 0.15) is 11.4 Å². The Labute approximate surface area is 107 Å². The van der Waals surface area contributed by atoms with Crippen LogP contribution in [0.25, 0.3) is 11.3 Å². The molecule has 1 heterocycles. The van der Waals surface area contributed by atoms with Gasteiger partial charge in [-0.05, 0) is 24.3 Å². The van der Waals surface area contributed by atoms with Gasteiger partial charge in [-0.3, -0.25) is 0 Å². The van der Waals surface area contributed by atoms with E-state index in [1.807, 2.05) is 0 Å². The number of hydrogen-bond acceptors (Lipinski definition) is 3. The van der Waals surface area contributed by atoms with E-state index in [4.69, 9.17) is 9.84 Å². The van der Waals surface area contributed by atoms with Crippen LogP contribution >= 0.6 is 0 Å². The molecule has 0 spiro atoms. The molecule has 1 aromatic carbocycles. The minimum atomic E-state index is -1.42. The normalized spacial score (nSPS) is 10.3. The van der Waals surface area contributed by atoms with Crippen molar-refractivity contribution in [2.45, 2.75) is 0 Å². The molecule has 0 fully saturated rings. The summed E-state index contributed by atoms with van der Waals surface area (Å²) in [6.07, 6.45) is 0. The van der Waals surface area contributed by atoms with E-state index in [-0.39, 0.29) is 11.3 Å². The van der Waals surface area contributed by atoms with Crippen LogP contribution in [-0.2, 0) is 0 Å². The molecule has 0 saturated heterocycles. The lowest BCUT2D eigenvalue weighted by atomic mass is 10.1. The first-order chi connectivity index (χ1) is 9.02. The van der Waals surface area contributed by atoms with Crippen LogP contribution in [0.1, 0.15) is 10.5 Å². The molecule has 2 rings (SSSR count). The zero-order valence-electron chi connectivity index (χ0n) is 9.85. The number of halogens is 2. The van der Waals surface area contributed by atoms with Gasteiger partial charge in [-0.1, -0.05) is 0 Å². The topological polar surface area (TPSA) is 59.4 Å². The Morgan fingerprint density at radius 3 is 2.42 bits per heavy atom. The van der Waals surface area contributed by atoms with Crippen LogP contribution in [-0.4, -0.2) is 23.2 Å². The lowest BCUT2D eigenvalue weighted by Gasteiger charge is -2.06. The first kappa shape index (κ1) is 12.9. The van der Waals surface area contributed by atoms with Crippen molar-refractivity contribution in [2.24, 2.45) is 0 Å². The third kappa shape index (κ3) is 2.52. The zero-order chi connectivity index (χ0) is 14.0. The maximum atomic E-state index is 13.7. The lowest BCUT2D eigenvalue weighted by molar-refractivity contribution is 0.0690. The summed E-state index contributed by atoms with van der Waals surface area (Å²) in [7, 11) is 1.47. The van der Waals surface area contributed by atoms with Crippen molar-refractivity contribution in [1.29, 1.82) is 0 Å². The van der Waals surface area contributed by atoms with Gasteiger partial charge in [0.15, 0.2) is 17.3 Å². The molecule has 0 aliphatic rings. The van der Waals surface area contributed by atoms with Crippen LogP contribution in [0, 0.1) is 11.6 Å². The van der Waals surface area contributed by atoms with Gasteiger partial charge in [0.25, 0.3) is 0 Å². The molecule has 6 heteroatoms. The summed E-state index contributed by atoms with van der Waals surface area (Å²) in [6.45, 7) is 0. The van der Waals surface area contributed by atoms with Crippen LogP contribution in [0.15, 0.2) is 30.3 Å². The van der Waals surface area contributed by atoms with Gasteiger partial charge < -0.3 is 9.84 Å². The summed E-state index contributed by atoms with van der Waals surface area (Å²) in [5, 5.41) is 8.78. The third-order valence-electron chi connectivity index (χ3n) is 2.50. The third-order valence-corrected chi connectivity index (χ3v) is 2.50. The fourth-order valence-electron chi connectivity index (χ4n) is 1.55. The number of hydrogen-bond donors (Lipinski definition) is 1. The average molecular weight is 265 g/mol. The molecule has 19 heavy (non-hydrogen) atoms. The molecule has 1 N–H and O–H groups in total. The molecule has 98 valence electrons. The molecular weight excluding hydrogens is 256 g/mol. The second-order valence-electron chi connectivity index (χ2n) is 3.69. The van der Waals surface area contributed by atoms with E-state index >= 15 is 0 Å². The summed E-state index contributed by atoms with van der Waals surface area (Å²) in [5.41, 5.74) is -0.634. The Morgan fingerprint density at radius 1 is 1.26 bits per heavy atom. The molecule has 2 aromatic rings. The number of aromatic nitrogens is 1. The van der Waals surface area contributed by atoms with Crippen molar-refractivity contribution < 1.29 is 23.4 Å². The van der Waals surface area contributed by atoms with E-state index in [0.29, 0.717) is 11.8 Å². The number of nitrogens with zero attached hydrogens (tertiary/aromatic N) is 1. The minimum absolute atomic E-state index is 0.264. The summed E-state index contributed by atoms with van der Waals surface area (Å²) >= 11 is 0. The van der Waals surface area contributed by atoms with E-state index < -0.39 is 23.3 Å². The Balaban J connectivity index is 2.56. The van der Waals surface area contributed by atoms with Crippen LogP contribution in [0.5, 0.6) is 5.75 Å². The lowest BCUT2D eigenvalue weighted by Crippen LogP contribution is -2.05. The molecule has 0 bridgehead atoms. The Morgan fingerprint density at radius 2 is 1.89 bits per heavy atom.